The molecule has 1 N–H and O–H groups in total. The van der Waals surface area contributed by atoms with Gasteiger partial charge in [-0.15, -0.1) is 0 Å². The topological polar surface area (TPSA) is 97.0 Å². The molecule has 1 saturated carbocycles. The minimum Gasteiger partial charge on any atom is -0.354 e. The van der Waals surface area contributed by atoms with E-state index in [9.17, 15) is 4.79 Å². The first-order valence-electron chi connectivity index (χ1n) is 8.23. The number of carbonyl (C=O) groups is 1. The fourth-order valence-electron chi connectivity index (χ4n) is 3.25. The summed E-state index contributed by atoms with van der Waals surface area (Å²) >= 11 is 0. The minimum atomic E-state index is -0.645. The Balaban J connectivity index is 1.62. The number of amides is 1. The van der Waals surface area contributed by atoms with Crippen molar-refractivity contribution in [3.63, 3.8) is 0 Å². The molecule has 0 unspecified atom stereocenters. The molecule has 1 atom stereocenters. The molecule has 2 aliphatic rings. The Morgan fingerprint density at radius 1 is 1.42 bits per heavy atom. The molecule has 126 valence electrons. The minimum absolute atomic E-state index is 0.110. The molecule has 4 rings (SSSR count). The SMILES string of the molecule is CC(=O)N[C@@]1(c2noc(C)n2)CCN(c2ccnc(C3CC3)n2)C1. The molecule has 0 spiro atoms. The van der Waals surface area contributed by atoms with Crippen LogP contribution in [0, 0.1) is 6.92 Å². The van der Waals surface area contributed by atoms with Gasteiger partial charge < -0.3 is 14.7 Å². The zero-order chi connectivity index (χ0) is 16.7. The maximum Gasteiger partial charge on any atom is 0.223 e. The molecular weight excluding hydrogens is 308 g/mol. The molecule has 8 nitrogen and oxygen atoms in total. The van der Waals surface area contributed by atoms with Crippen LogP contribution in [0.15, 0.2) is 16.8 Å². The number of hydrogen-bond acceptors (Lipinski definition) is 7. The molecule has 2 aromatic heterocycles. The summed E-state index contributed by atoms with van der Waals surface area (Å²) in [5.74, 6) is 3.22. The zero-order valence-corrected chi connectivity index (χ0v) is 13.8. The lowest BCUT2D eigenvalue weighted by molar-refractivity contribution is -0.120. The third-order valence-electron chi connectivity index (χ3n) is 4.57. The number of aryl methyl sites for hydroxylation is 1. The van der Waals surface area contributed by atoms with Gasteiger partial charge in [0.25, 0.3) is 0 Å². The summed E-state index contributed by atoms with van der Waals surface area (Å²) in [6, 6.07) is 1.91. The largest absolute Gasteiger partial charge is 0.354 e. The van der Waals surface area contributed by atoms with Crippen LogP contribution >= 0.6 is 0 Å². The van der Waals surface area contributed by atoms with Crippen molar-refractivity contribution in [2.24, 2.45) is 0 Å². The summed E-state index contributed by atoms with van der Waals surface area (Å²) < 4.78 is 5.13. The van der Waals surface area contributed by atoms with E-state index in [1.54, 1.807) is 6.92 Å². The Hall–Kier alpha value is -2.51. The quantitative estimate of drug-likeness (QED) is 0.903. The monoisotopic (exact) mass is 328 g/mol. The first-order chi connectivity index (χ1) is 11.6. The van der Waals surface area contributed by atoms with Crippen LogP contribution in [0.3, 0.4) is 0 Å². The first kappa shape index (κ1) is 15.0. The van der Waals surface area contributed by atoms with E-state index in [1.165, 1.54) is 19.8 Å². The Labute approximate surface area is 139 Å². The third kappa shape index (κ3) is 2.72. The number of anilines is 1. The standard InChI is InChI=1S/C16H20N6O2/c1-10(23)20-16(15-18-11(2)24-21-15)6-8-22(9-16)13-5-7-17-14(19-13)12-3-4-12/h5,7,12H,3-4,6,8-9H2,1-2H3,(H,20,23)/t16-/m0/s1. The molecular formula is C16H20N6O2. The molecule has 2 fully saturated rings. The van der Waals surface area contributed by atoms with E-state index in [0.717, 1.165) is 18.2 Å². The Bertz CT molecular complexity index is 771. The van der Waals surface area contributed by atoms with Gasteiger partial charge in [0.2, 0.25) is 11.8 Å². The summed E-state index contributed by atoms with van der Waals surface area (Å²) in [5, 5.41) is 7.07. The van der Waals surface area contributed by atoms with Gasteiger partial charge in [-0.3, -0.25) is 4.79 Å². The van der Waals surface area contributed by atoms with E-state index in [2.05, 4.69) is 25.3 Å². The molecule has 1 aliphatic carbocycles. The molecule has 24 heavy (non-hydrogen) atoms. The molecule has 3 heterocycles. The van der Waals surface area contributed by atoms with Gasteiger partial charge in [-0.25, -0.2) is 9.97 Å². The highest BCUT2D eigenvalue weighted by Crippen LogP contribution is 2.39. The number of rotatable bonds is 4. The van der Waals surface area contributed by atoms with E-state index in [1.807, 2.05) is 12.3 Å². The summed E-state index contributed by atoms with van der Waals surface area (Å²) in [4.78, 5) is 27.3. The van der Waals surface area contributed by atoms with Gasteiger partial charge >= 0.3 is 0 Å². The van der Waals surface area contributed by atoms with E-state index in [0.29, 0.717) is 30.6 Å². The van der Waals surface area contributed by atoms with Gasteiger partial charge in [0.15, 0.2) is 5.82 Å². The van der Waals surface area contributed by atoms with Crippen LogP contribution in [-0.2, 0) is 10.3 Å². The van der Waals surface area contributed by atoms with Crippen LogP contribution in [-0.4, -0.2) is 39.1 Å². The van der Waals surface area contributed by atoms with Gasteiger partial charge in [0.1, 0.15) is 17.2 Å². The second kappa shape index (κ2) is 5.54. The van der Waals surface area contributed by atoms with Crippen molar-refractivity contribution >= 4 is 11.7 Å². The number of aromatic nitrogens is 4. The van der Waals surface area contributed by atoms with Crippen molar-refractivity contribution in [2.45, 2.75) is 44.6 Å². The summed E-state index contributed by atoms with van der Waals surface area (Å²) in [7, 11) is 0. The Morgan fingerprint density at radius 2 is 2.25 bits per heavy atom. The van der Waals surface area contributed by atoms with E-state index in [-0.39, 0.29) is 5.91 Å². The maximum absolute atomic E-state index is 11.7. The second-order valence-corrected chi connectivity index (χ2v) is 6.62. The van der Waals surface area contributed by atoms with Crippen molar-refractivity contribution in [1.82, 2.24) is 25.4 Å². The summed E-state index contributed by atoms with van der Waals surface area (Å²) in [5.41, 5.74) is -0.645. The molecule has 8 heteroatoms. The lowest BCUT2D eigenvalue weighted by Crippen LogP contribution is -2.48. The normalized spacial score (nSPS) is 23.5. The predicted octanol–water partition coefficient (Wildman–Crippen LogP) is 1.29. The summed E-state index contributed by atoms with van der Waals surface area (Å²) in [6.07, 6.45) is 4.85. The molecule has 1 amide bonds. The molecule has 1 aliphatic heterocycles. The van der Waals surface area contributed by atoms with Crippen LogP contribution in [0.25, 0.3) is 0 Å². The average molecular weight is 328 g/mol. The van der Waals surface area contributed by atoms with Crippen LogP contribution in [0.4, 0.5) is 5.82 Å². The Morgan fingerprint density at radius 3 is 2.92 bits per heavy atom. The summed E-state index contributed by atoms with van der Waals surface area (Å²) in [6.45, 7) is 4.58. The van der Waals surface area contributed by atoms with Crippen molar-refractivity contribution < 1.29 is 9.32 Å². The molecule has 0 radical (unpaired) electrons. The number of carbonyl (C=O) groups excluding carboxylic acids is 1. The lowest BCUT2D eigenvalue weighted by atomic mass is 9.97. The number of hydrogen-bond donors (Lipinski definition) is 1. The fourth-order valence-corrected chi connectivity index (χ4v) is 3.25. The fraction of sp³-hybridized carbons (Fsp3) is 0.562. The van der Waals surface area contributed by atoms with Crippen LogP contribution in [0.2, 0.25) is 0 Å². The van der Waals surface area contributed by atoms with Gasteiger partial charge in [0.05, 0.1) is 0 Å². The van der Waals surface area contributed by atoms with Gasteiger partial charge in [-0.1, -0.05) is 5.16 Å². The highest BCUT2D eigenvalue weighted by Gasteiger charge is 2.45. The molecule has 0 aromatic carbocycles. The van der Waals surface area contributed by atoms with Crippen molar-refractivity contribution in [1.29, 1.82) is 0 Å². The van der Waals surface area contributed by atoms with Crippen molar-refractivity contribution in [3.8, 4) is 0 Å². The average Bonchev–Trinajstić information content (AvgIpc) is 3.18. The molecule has 0 bridgehead atoms. The predicted molar refractivity (Wildman–Crippen MR) is 85.4 cm³/mol. The van der Waals surface area contributed by atoms with E-state index < -0.39 is 5.54 Å². The van der Waals surface area contributed by atoms with E-state index in [4.69, 9.17) is 9.51 Å². The van der Waals surface area contributed by atoms with Crippen LogP contribution in [0.5, 0.6) is 0 Å². The lowest BCUT2D eigenvalue weighted by Gasteiger charge is -2.27. The highest BCUT2D eigenvalue weighted by atomic mass is 16.5. The van der Waals surface area contributed by atoms with Gasteiger partial charge in [-0.2, -0.15) is 4.98 Å². The van der Waals surface area contributed by atoms with Crippen molar-refractivity contribution in [3.05, 3.63) is 29.8 Å². The first-order valence-corrected chi connectivity index (χ1v) is 8.23. The van der Waals surface area contributed by atoms with Crippen molar-refractivity contribution in [2.75, 3.05) is 18.0 Å². The zero-order valence-electron chi connectivity index (χ0n) is 13.8. The Kier molecular flexibility index (Phi) is 3.47. The second-order valence-electron chi connectivity index (χ2n) is 6.62. The number of nitrogens with one attached hydrogen (secondary N) is 1. The van der Waals surface area contributed by atoms with Gasteiger partial charge in [0, 0.05) is 39.1 Å². The maximum atomic E-state index is 11.7. The molecule has 1 saturated heterocycles. The smallest absolute Gasteiger partial charge is 0.223 e. The number of nitrogens with zero attached hydrogens (tertiary/aromatic N) is 5. The molecule has 2 aromatic rings. The highest BCUT2D eigenvalue weighted by molar-refractivity contribution is 5.74. The third-order valence-corrected chi connectivity index (χ3v) is 4.57. The van der Waals surface area contributed by atoms with Gasteiger partial charge in [-0.05, 0) is 25.3 Å². The van der Waals surface area contributed by atoms with Crippen LogP contribution < -0.4 is 10.2 Å². The van der Waals surface area contributed by atoms with E-state index >= 15 is 0 Å². The van der Waals surface area contributed by atoms with Crippen LogP contribution in [0.1, 0.15) is 49.6 Å².